The smallest absolute Gasteiger partial charge is 0.258 e. The molecular weight excluding hydrogens is 406 g/mol. The average molecular weight is 423 g/mol. The molecule has 0 fully saturated rings. The van der Waals surface area contributed by atoms with E-state index in [-0.39, 0.29) is 11.4 Å². The van der Waals surface area contributed by atoms with Gasteiger partial charge in [0.05, 0.1) is 21.2 Å². The van der Waals surface area contributed by atoms with Crippen molar-refractivity contribution in [1.29, 1.82) is 0 Å². The monoisotopic (exact) mass is 423 g/mol. The molecule has 0 aliphatic rings. The molecule has 0 bridgehead atoms. The Morgan fingerprint density at radius 3 is 1.59 bits per heavy atom. The first-order chi connectivity index (χ1) is 15.5. The van der Waals surface area contributed by atoms with Crippen LogP contribution in [0.15, 0.2) is 91.0 Å². The van der Waals surface area contributed by atoms with E-state index in [1.165, 1.54) is 24.3 Å². The Morgan fingerprint density at radius 2 is 1.09 bits per heavy atom. The molecule has 3 aromatic carbocycles. The number of non-ortho nitro benzene ring substituents is 2. The van der Waals surface area contributed by atoms with E-state index >= 15 is 0 Å². The number of aromatic nitrogens is 1. The normalized spacial score (nSPS) is 10.9. The zero-order chi connectivity index (χ0) is 22.5. The molecule has 1 heterocycles. The molecule has 7 nitrogen and oxygen atoms in total. The van der Waals surface area contributed by atoms with E-state index in [1.807, 2.05) is 54.6 Å². The van der Waals surface area contributed by atoms with Crippen LogP contribution in [-0.4, -0.2) is 14.8 Å². The molecular formula is C25H17N3O4. The molecule has 0 saturated carbocycles. The molecule has 0 aliphatic heterocycles. The Bertz CT molecular complexity index is 1260. The average Bonchev–Trinajstić information content (AvgIpc) is 2.83. The standard InChI is InChI=1S/C25H17N3O4/c29-27(30)22-10-4-8-20(16-22)24-14-19(13-12-18-6-2-1-3-7-18)15-25(26-24)21-9-5-11-23(17-21)28(31)32/h1-17H/b13-12+. The summed E-state index contributed by atoms with van der Waals surface area (Å²) in [5, 5.41) is 22.4. The van der Waals surface area contributed by atoms with Gasteiger partial charge in [-0.2, -0.15) is 0 Å². The van der Waals surface area contributed by atoms with Crippen molar-refractivity contribution < 1.29 is 9.85 Å². The fraction of sp³-hybridized carbons (Fsp3) is 0. The van der Waals surface area contributed by atoms with Crippen molar-refractivity contribution in [2.75, 3.05) is 0 Å². The number of benzene rings is 3. The van der Waals surface area contributed by atoms with Crippen LogP contribution in [0.5, 0.6) is 0 Å². The number of pyridine rings is 1. The summed E-state index contributed by atoms with van der Waals surface area (Å²) < 4.78 is 0. The van der Waals surface area contributed by atoms with Crippen LogP contribution in [0, 0.1) is 20.2 Å². The predicted octanol–water partition coefficient (Wildman–Crippen LogP) is 6.40. The highest BCUT2D eigenvalue weighted by Crippen LogP contribution is 2.29. The van der Waals surface area contributed by atoms with Gasteiger partial charge >= 0.3 is 0 Å². The molecule has 7 heteroatoms. The van der Waals surface area contributed by atoms with Crippen molar-refractivity contribution in [1.82, 2.24) is 4.98 Å². The third kappa shape index (κ3) is 4.73. The van der Waals surface area contributed by atoms with E-state index < -0.39 is 9.85 Å². The highest BCUT2D eigenvalue weighted by Gasteiger charge is 2.13. The Kier molecular flexibility index (Phi) is 5.81. The minimum atomic E-state index is -0.454. The van der Waals surface area contributed by atoms with Crippen molar-refractivity contribution in [2.24, 2.45) is 0 Å². The molecule has 0 aliphatic carbocycles. The van der Waals surface area contributed by atoms with Crippen LogP contribution >= 0.6 is 0 Å². The number of nitro groups is 2. The largest absolute Gasteiger partial charge is 0.270 e. The number of hydrogen-bond acceptors (Lipinski definition) is 5. The molecule has 1 aromatic heterocycles. The summed E-state index contributed by atoms with van der Waals surface area (Å²) in [6.07, 6.45) is 3.86. The molecule has 0 unspecified atom stereocenters. The van der Waals surface area contributed by atoms with Gasteiger partial charge in [-0.3, -0.25) is 20.2 Å². The van der Waals surface area contributed by atoms with Gasteiger partial charge in [-0.1, -0.05) is 66.7 Å². The van der Waals surface area contributed by atoms with Crippen LogP contribution in [0.2, 0.25) is 0 Å². The second-order valence-corrected chi connectivity index (χ2v) is 7.03. The summed E-state index contributed by atoms with van der Waals surface area (Å²) >= 11 is 0. The van der Waals surface area contributed by atoms with Crippen LogP contribution in [0.4, 0.5) is 11.4 Å². The lowest BCUT2D eigenvalue weighted by molar-refractivity contribution is -0.385. The maximum atomic E-state index is 11.2. The van der Waals surface area contributed by atoms with Crippen LogP contribution < -0.4 is 0 Å². The molecule has 156 valence electrons. The van der Waals surface area contributed by atoms with Gasteiger partial charge in [0.25, 0.3) is 11.4 Å². The molecule has 32 heavy (non-hydrogen) atoms. The summed E-state index contributed by atoms with van der Waals surface area (Å²) in [6.45, 7) is 0. The maximum Gasteiger partial charge on any atom is 0.270 e. The molecule has 0 atom stereocenters. The van der Waals surface area contributed by atoms with Crippen LogP contribution in [0.1, 0.15) is 11.1 Å². The first-order valence-corrected chi connectivity index (χ1v) is 9.74. The number of hydrogen-bond donors (Lipinski definition) is 0. The molecule has 0 N–H and O–H groups in total. The van der Waals surface area contributed by atoms with Gasteiger partial charge in [0.2, 0.25) is 0 Å². The third-order valence-electron chi connectivity index (χ3n) is 4.82. The molecule has 0 spiro atoms. The molecule has 0 radical (unpaired) electrons. The Labute approximate surface area is 183 Å². The van der Waals surface area contributed by atoms with Gasteiger partial charge in [0.15, 0.2) is 0 Å². The summed E-state index contributed by atoms with van der Waals surface area (Å²) in [7, 11) is 0. The lowest BCUT2D eigenvalue weighted by Gasteiger charge is -2.08. The van der Waals surface area contributed by atoms with E-state index in [2.05, 4.69) is 4.98 Å². The van der Waals surface area contributed by atoms with Crippen molar-refractivity contribution >= 4 is 23.5 Å². The van der Waals surface area contributed by atoms with Crippen LogP contribution in [-0.2, 0) is 0 Å². The lowest BCUT2D eigenvalue weighted by atomic mass is 10.0. The maximum absolute atomic E-state index is 11.2. The molecule has 0 saturated heterocycles. The van der Waals surface area contributed by atoms with Crippen LogP contribution in [0.25, 0.3) is 34.7 Å². The second kappa shape index (κ2) is 9.01. The topological polar surface area (TPSA) is 99.2 Å². The highest BCUT2D eigenvalue weighted by molar-refractivity contribution is 5.77. The minimum absolute atomic E-state index is 0.0357. The zero-order valence-electron chi connectivity index (χ0n) is 16.8. The van der Waals surface area contributed by atoms with Gasteiger partial charge < -0.3 is 0 Å². The first kappa shape index (κ1) is 20.6. The summed E-state index contributed by atoms with van der Waals surface area (Å²) in [5.74, 6) is 0. The summed E-state index contributed by atoms with van der Waals surface area (Å²) in [4.78, 5) is 26.2. The Morgan fingerprint density at radius 1 is 0.594 bits per heavy atom. The van der Waals surface area contributed by atoms with Crippen molar-refractivity contribution in [2.45, 2.75) is 0 Å². The quantitative estimate of drug-likeness (QED) is 0.264. The summed E-state index contributed by atoms with van der Waals surface area (Å²) in [6, 6.07) is 25.9. The third-order valence-corrected chi connectivity index (χ3v) is 4.82. The van der Waals surface area contributed by atoms with Crippen molar-refractivity contribution in [3.05, 3.63) is 122 Å². The Hall–Kier alpha value is -4.65. The van der Waals surface area contributed by atoms with Gasteiger partial charge in [-0.15, -0.1) is 0 Å². The zero-order valence-corrected chi connectivity index (χ0v) is 16.8. The highest BCUT2D eigenvalue weighted by atomic mass is 16.6. The van der Waals surface area contributed by atoms with E-state index in [1.54, 1.807) is 24.3 Å². The fourth-order valence-corrected chi connectivity index (χ4v) is 3.26. The first-order valence-electron chi connectivity index (χ1n) is 9.74. The summed E-state index contributed by atoms with van der Waals surface area (Å²) in [5.41, 5.74) is 3.99. The van der Waals surface area contributed by atoms with Gasteiger partial charge in [-0.25, -0.2) is 4.98 Å². The fourth-order valence-electron chi connectivity index (χ4n) is 3.26. The van der Waals surface area contributed by atoms with Crippen molar-refractivity contribution in [3.8, 4) is 22.5 Å². The molecule has 0 amide bonds. The van der Waals surface area contributed by atoms with E-state index in [4.69, 9.17) is 0 Å². The van der Waals surface area contributed by atoms with E-state index in [0.717, 1.165) is 11.1 Å². The molecule has 4 aromatic rings. The lowest BCUT2D eigenvalue weighted by Crippen LogP contribution is -1.93. The van der Waals surface area contributed by atoms with Crippen molar-refractivity contribution in [3.63, 3.8) is 0 Å². The van der Waals surface area contributed by atoms with Gasteiger partial charge in [0.1, 0.15) is 0 Å². The van der Waals surface area contributed by atoms with Gasteiger partial charge in [-0.05, 0) is 23.3 Å². The number of nitrogens with zero attached hydrogens (tertiary/aromatic N) is 3. The van der Waals surface area contributed by atoms with Crippen LogP contribution in [0.3, 0.4) is 0 Å². The predicted molar refractivity (Wildman–Crippen MR) is 124 cm³/mol. The number of nitro benzene ring substituents is 2. The second-order valence-electron chi connectivity index (χ2n) is 7.03. The Balaban J connectivity index is 1.84. The SMILES string of the molecule is O=[N+]([O-])c1cccc(-c2cc(/C=C/c3ccccc3)cc(-c3cccc([N+](=O)[O-])c3)n2)c1. The minimum Gasteiger partial charge on any atom is -0.258 e. The molecule has 4 rings (SSSR count). The number of rotatable bonds is 6. The van der Waals surface area contributed by atoms with Gasteiger partial charge in [0, 0.05) is 35.4 Å². The van der Waals surface area contributed by atoms with E-state index in [0.29, 0.717) is 22.5 Å². The van der Waals surface area contributed by atoms with E-state index in [9.17, 15) is 20.2 Å².